The number of anilines is 2. The van der Waals surface area contributed by atoms with E-state index in [1.54, 1.807) is 16.4 Å². The molecule has 7 nitrogen and oxygen atoms in total. The summed E-state index contributed by atoms with van der Waals surface area (Å²) in [4.78, 5) is 17.8. The summed E-state index contributed by atoms with van der Waals surface area (Å²) in [5.41, 5.74) is 1.96. The Labute approximate surface area is 181 Å². The van der Waals surface area contributed by atoms with Crippen LogP contribution in [0.4, 0.5) is 11.6 Å². The van der Waals surface area contributed by atoms with Gasteiger partial charge in [-0.05, 0) is 53.5 Å². The Kier molecular flexibility index (Phi) is 5.77. The molecule has 0 radical (unpaired) electrons. The van der Waals surface area contributed by atoms with Gasteiger partial charge in [0.1, 0.15) is 11.8 Å². The SMILES string of the molecule is CCCSc1nc2n(n1)C(c1ccc(Br)o1)C(C(=O)Nc1ccccc1)=C(C)N2. The van der Waals surface area contributed by atoms with Gasteiger partial charge in [0.2, 0.25) is 11.1 Å². The van der Waals surface area contributed by atoms with Crippen LogP contribution in [0.3, 0.4) is 0 Å². The molecule has 0 aliphatic carbocycles. The lowest BCUT2D eigenvalue weighted by Crippen LogP contribution is -2.31. The summed E-state index contributed by atoms with van der Waals surface area (Å²) in [6.45, 7) is 3.98. The van der Waals surface area contributed by atoms with Crippen molar-refractivity contribution in [2.45, 2.75) is 31.5 Å². The molecular weight excluding hydrogens is 454 g/mol. The molecule has 2 aromatic heterocycles. The molecule has 3 heterocycles. The smallest absolute Gasteiger partial charge is 0.256 e. The highest BCUT2D eigenvalue weighted by atomic mass is 79.9. The fraction of sp³-hybridized carbons (Fsp3) is 0.250. The quantitative estimate of drug-likeness (QED) is 0.486. The van der Waals surface area contributed by atoms with E-state index in [1.807, 2.05) is 49.4 Å². The van der Waals surface area contributed by atoms with E-state index >= 15 is 0 Å². The molecule has 3 aromatic rings. The van der Waals surface area contributed by atoms with Crippen molar-refractivity contribution in [3.63, 3.8) is 0 Å². The molecule has 1 unspecified atom stereocenters. The van der Waals surface area contributed by atoms with E-state index in [-0.39, 0.29) is 5.91 Å². The fourth-order valence-electron chi connectivity index (χ4n) is 3.14. The standard InChI is InChI=1S/C20H20BrN5O2S/c1-3-11-29-20-24-19-22-12(2)16(18(27)23-13-7-5-4-6-8-13)17(26(19)25-20)14-9-10-15(21)28-14/h4-10,17H,3,11H2,1-2H3,(H,23,27)(H,22,24,25). The maximum absolute atomic E-state index is 13.2. The van der Waals surface area contributed by atoms with Crippen molar-refractivity contribution in [2.75, 3.05) is 16.4 Å². The lowest BCUT2D eigenvalue weighted by atomic mass is 10.00. The van der Waals surface area contributed by atoms with Gasteiger partial charge in [-0.1, -0.05) is 36.9 Å². The minimum absolute atomic E-state index is 0.220. The molecule has 0 saturated heterocycles. The molecule has 0 saturated carbocycles. The van der Waals surface area contributed by atoms with Crippen LogP contribution in [0.2, 0.25) is 0 Å². The van der Waals surface area contributed by atoms with Crippen LogP contribution < -0.4 is 10.6 Å². The zero-order chi connectivity index (χ0) is 20.4. The Morgan fingerprint density at radius 2 is 2.10 bits per heavy atom. The molecule has 4 rings (SSSR count). The van der Waals surface area contributed by atoms with Crippen LogP contribution in [0.5, 0.6) is 0 Å². The maximum atomic E-state index is 13.2. The summed E-state index contributed by atoms with van der Waals surface area (Å²) in [5, 5.41) is 11.5. The Bertz CT molecular complexity index is 1060. The number of furan rings is 1. The number of rotatable bonds is 6. The molecular formula is C20H20BrN5O2S. The van der Waals surface area contributed by atoms with Gasteiger partial charge in [-0.15, -0.1) is 5.10 Å². The van der Waals surface area contributed by atoms with Crippen LogP contribution >= 0.6 is 27.7 Å². The molecule has 1 aromatic carbocycles. The first-order valence-electron chi connectivity index (χ1n) is 9.25. The second kappa shape index (κ2) is 8.46. The molecule has 1 aliphatic rings. The second-order valence-electron chi connectivity index (χ2n) is 6.54. The number of fused-ring (bicyclic) bond motifs is 1. The molecule has 150 valence electrons. The number of hydrogen-bond donors (Lipinski definition) is 2. The van der Waals surface area contributed by atoms with Gasteiger partial charge in [0, 0.05) is 17.1 Å². The van der Waals surface area contributed by atoms with E-state index in [4.69, 9.17) is 4.42 Å². The van der Waals surface area contributed by atoms with Crippen molar-refractivity contribution in [3.05, 3.63) is 64.2 Å². The third-order valence-corrected chi connectivity index (χ3v) is 5.88. The van der Waals surface area contributed by atoms with Crippen LogP contribution in [-0.2, 0) is 4.79 Å². The van der Waals surface area contributed by atoms with Gasteiger partial charge in [-0.2, -0.15) is 4.98 Å². The molecule has 2 N–H and O–H groups in total. The van der Waals surface area contributed by atoms with Crippen molar-refractivity contribution in [2.24, 2.45) is 0 Å². The van der Waals surface area contributed by atoms with Crippen LogP contribution in [0.1, 0.15) is 32.1 Å². The Morgan fingerprint density at radius 1 is 1.31 bits per heavy atom. The van der Waals surface area contributed by atoms with Gasteiger partial charge in [0.25, 0.3) is 5.91 Å². The van der Waals surface area contributed by atoms with E-state index in [0.717, 1.165) is 17.9 Å². The number of para-hydroxylation sites is 1. The van der Waals surface area contributed by atoms with E-state index in [0.29, 0.717) is 32.8 Å². The number of aromatic nitrogens is 3. The highest BCUT2D eigenvalue weighted by Gasteiger charge is 2.36. The number of nitrogens with zero attached hydrogens (tertiary/aromatic N) is 3. The number of carbonyl (C=O) groups excluding carboxylic acids is 1. The van der Waals surface area contributed by atoms with Crippen LogP contribution in [0.25, 0.3) is 0 Å². The first-order chi connectivity index (χ1) is 14.1. The molecule has 1 aliphatic heterocycles. The molecule has 9 heteroatoms. The minimum atomic E-state index is -0.523. The lowest BCUT2D eigenvalue weighted by molar-refractivity contribution is -0.113. The first-order valence-corrected chi connectivity index (χ1v) is 11.0. The van der Waals surface area contributed by atoms with Gasteiger partial charge >= 0.3 is 0 Å². The number of carbonyl (C=O) groups is 1. The van der Waals surface area contributed by atoms with Gasteiger partial charge in [0.05, 0.1) is 5.57 Å². The van der Waals surface area contributed by atoms with E-state index in [1.165, 1.54) is 0 Å². The first kappa shape index (κ1) is 19.8. The summed E-state index contributed by atoms with van der Waals surface area (Å²) in [5.74, 6) is 1.90. The van der Waals surface area contributed by atoms with Gasteiger partial charge < -0.3 is 15.1 Å². The topological polar surface area (TPSA) is 85.0 Å². The Balaban J connectivity index is 1.74. The maximum Gasteiger partial charge on any atom is 0.256 e. The van der Waals surface area contributed by atoms with E-state index < -0.39 is 6.04 Å². The molecule has 1 atom stereocenters. The van der Waals surface area contributed by atoms with Gasteiger partial charge in [-0.25, -0.2) is 4.68 Å². The second-order valence-corrected chi connectivity index (χ2v) is 8.38. The number of thioether (sulfide) groups is 1. The Morgan fingerprint density at radius 3 is 2.79 bits per heavy atom. The van der Waals surface area contributed by atoms with E-state index in [9.17, 15) is 4.79 Å². The number of amides is 1. The van der Waals surface area contributed by atoms with Crippen molar-refractivity contribution < 1.29 is 9.21 Å². The predicted octanol–water partition coefficient (Wildman–Crippen LogP) is 5.06. The highest BCUT2D eigenvalue weighted by molar-refractivity contribution is 9.10. The monoisotopic (exact) mass is 473 g/mol. The summed E-state index contributed by atoms with van der Waals surface area (Å²) < 4.78 is 8.14. The molecule has 1 amide bonds. The number of nitrogens with one attached hydrogen (secondary N) is 2. The largest absolute Gasteiger partial charge is 0.452 e. The normalized spacial score (nSPS) is 15.8. The van der Waals surface area contributed by atoms with Crippen molar-refractivity contribution in [1.29, 1.82) is 0 Å². The lowest BCUT2D eigenvalue weighted by Gasteiger charge is -2.27. The third-order valence-electron chi connectivity index (χ3n) is 4.41. The number of allylic oxidation sites excluding steroid dienone is 1. The minimum Gasteiger partial charge on any atom is -0.452 e. The summed E-state index contributed by atoms with van der Waals surface area (Å²) in [6.07, 6.45) is 1.03. The number of halogens is 1. The molecule has 0 spiro atoms. The number of benzene rings is 1. The molecule has 0 bridgehead atoms. The van der Waals surface area contributed by atoms with Crippen molar-refractivity contribution in [1.82, 2.24) is 14.8 Å². The van der Waals surface area contributed by atoms with Crippen molar-refractivity contribution in [3.8, 4) is 0 Å². The van der Waals surface area contributed by atoms with E-state index in [2.05, 4.69) is 43.6 Å². The Hall–Kier alpha value is -2.52. The summed E-state index contributed by atoms with van der Waals surface area (Å²) >= 11 is 4.94. The zero-order valence-electron chi connectivity index (χ0n) is 16.0. The van der Waals surface area contributed by atoms with Crippen LogP contribution in [-0.4, -0.2) is 26.4 Å². The summed E-state index contributed by atoms with van der Waals surface area (Å²) in [6, 6.07) is 12.5. The van der Waals surface area contributed by atoms with Crippen LogP contribution in [0, 0.1) is 0 Å². The zero-order valence-corrected chi connectivity index (χ0v) is 18.4. The number of hydrogen-bond acceptors (Lipinski definition) is 6. The molecule has 29 heavy (non-hydrogen) atoms. The average molecular weight is 474 g/mol. The molecule has 0 fully saturated rings. The van der Waals surface area contributed by atoms with Crippen molar-refractivity contribution >= 4 is 45.2 Å². The summed E-state index contributed by atoms with van der Waals surface area (Å²) in [7, 11) is 0. The average Bonchev–Trinajstić information content (AvgIpc) is 3.31. The van der Waals surface area contributed by atoms with Crippen LogP contribution in [0.15, 0.2) is 68.0 Å². The van der Waals surface area contributed by atoms with Gasteiger partial charge in [-0.3, -0.25) is 4.79 Å². The third kappa shape index (κ3) is 4.11. The predicted molar refractivity (Wildman–Crippen MR) is 117 cm³/mol. The van der Waals surface area contributed by atoms with Gasteiger partial charge in [0.15, 0.2) is 4.67 Å². The fourth-order valence-corrected chi connectivity index (χ4v) is 4.14. The highest BCUT2D eigenvalue weighted by Crippen LogP contribution is 2.38.